The Morgan fingerprint density at radius 2 is 2.03 bits per heavy atom. The van der Waals surface area contributed by atoms with Crippen LogP contribution >= 0.6 is 11.8 Å². The van der Waals surface area contributed by atoms with E-state index < -0.39 is 0 Å². The fourth-order valence-electron chi connectivity index (χ4n) is 4.13. The molecule has 30 heavy (non-hydrogen) atoms. The summed E-state index contributed by atoms with van der Waals surface area (Å²) in [4.78, 5) is 15.0. The molecule has 5 rings (SSSR count). The zero-order chi connectivity index (χ0) is 20.7. The van der Waals surface area contributed by atoms with Gasteiger partial charge in [-0.1, -0.05) is 30.0 Å². The molecule has 0 saturated heterocycles. The Morgan fingerprint density at radius 1 is 1.17 bits per heavy atom. The smallest absolute Gasteiger partial charge is 0.237 e. The molecule has 0 aliphatic carbocycles. The highest BCUT2D eigenvalue weighted by molar-refractivity contribution is 7.99. The van der Waals surface area contributed by atoms with Gasteiger partial charge in [-0.25, -0.2) is 0 Å². The molecule has 1 amide bonds. The van der Waals surface area contributed by atoms with Crippen molar-refractivity contribution >= 4 is 39.9 Å². The van der Waals surface area contributed by atoms with Crippen molar-refractivity contribution in [3.05, 3.63) is 59.7 Å². The van der Waals surface area contributed by atoms with Crippen LogP contribution in [0.3, 0.4) is 0 Å². The number of nitrogens with zero attached hydrogens (tertiary/aromatic N) is 4. The van der Waals surface area contributed by atoms with Crippen molar-refractivity contribution in [2.45, 2.75) is 24.9 Å². The summed E-state index contributed by atoms with van der Waals surface area (Å²) in [6.07, 6.45) is 1.91. The molecule has 152 valence electrons. The van der Waals surface area contributed by atoms with Crippen molar-refractivity contribution in [2.75, 3.05) is 24.3 Å². The number of amides is 1. The SMILES string of the molecule is COc1ccc2c(c1)CCCN2C(=O)CSc1nnc2cc(C)c3ccccc3n12. The van der Waals surface area contributed by atoms with Gasteiger partial charge < -0.3 is 9.64 Å². The number of thioether (sulfide) groups is 1. The van der Waals surface area contributed by atoms with Gasteiger partial charge in [-0.3, -0.25) is 9.20 Å². The van der Waals surface area contributed by atoms with Crippen LogP contribution in [0.15, 0.2) is 53.7 Å². The van der Waals surface area contributed by atoms with Crippen LogP contribution in [-0.4, -0.2) is 39.9 Å². The quantitative estimate of drug-likeness (QED) is 0.463. The summed E-state index contributed by atoms with van der Waals surface area (Å²) in [5.41, 5.74) is 5.17. The van der Waals surface area contributed by atoms with Gasteiger partial charge in [-0.15, -0.1) is 10.2 Å². The summed E-state index contributed by atoms with van der Waals surface area (Å²) in [6, 6.07) is 16.2. The molecule has 3 heterocycles. The van der Waals surface area contributed by atoms with Crippen molar-refractivity contribution in [3.63, 3.8) is 0 Å². The molecule has 2 aromatic carbocycles. The molecule has 0 atom stereocenters. The van der Waals surface area contributed by atoms with E-state index in [1.807, 2.05) is 45.7 Å². The van der Waals surface area contributed by atoms with Crippen LogP contribution < -0.4 is 9.64 Å². The molecule has 7 heteroatoms. The molecule has 0 spiro atoms. The standard InChI is InChI=1S/C23H22N4O2S/c1-15-12-21-24-25-23(27(21)20-8-4-3-7-18(15)20)30-14-22(28)26-11-5-6-16-13-17(29-2)9-10-19(16)26/h3-4,7-10,12-13H,5-6,11,14H2,1-2H3. The molecule has 0 radical (unpaired) electrons. The van der Waals surface area contributed by atoms with Crippen molar-refractivity contribution in [2.24, 2.45) is 0 Å². The third kappa shape index (κ3) is 3.19. The van der Waals surface area contributed by atoms with Gasteiger partial charge in [0.25, 0.3) is 0 Å². The second-order valence-corrected chi connectivity index (χ2v) is 8.40. The lowest BCUT2D eigenvalue weighted by Crippen LogP contribution is -2.36. The van der Waals surface area contributed by atoms with E-state index in [0.717, 1.165) is 58.1 Å². The molecule has 0 unspecified atom stereocenters. The topological polar surface area (TPSA) is 59.7 Å². The number of fused-ring (bicyclic) bond motifs is 4. The van der Waals surface area contributed by atoms with Gasteiger partial charge in [-0.2, -0.15) is 0 Å². The first kappa shape index (κ1) is 18.9. The minimum absolute atomic E-state index is 0.0827. The second-order valence-electron chi connectivity index (χ2n) is 7.45. The van der Waals surface area contributed by atoms with Crippen LogP contribution in [0.25, 0.3) is 16.6 Å². The number of anilines is 1. The van der Waals surface area contributed by atoms with Gasteiger partial charge in [0.1, 0.15) is 5.75 Å². The van der Waals surface area contributed by atoms with Gasteiger partial charge in [0.05, 0.1) is 18.4 Å². The van der Waals surface area contributed by atoms with Crippen LogP contribution in [0, 0.1) is 6.92 Å². The minimum atomic E-state index is 0.0827. The first-order valence-corrected chi connectivity index (χ1v) is 11.0. The minimum Gasteiger partial charge on any atom is -0.497 e. The Balaban J connectivity index is 1.42. The van der Waals surface area contributed by atoms with Crippen molar-refractivity contribution in [3.8, 4) is 5.75 Å². The number of hydrogen-bond donors (Lipinski definition) is 0. The predicted octanol–water partition coefficient (Wildman–Crippen LogP) is 4.27. The van der Waals surface area contributed by atoms with Crippen molar-refractivity contribution < 1.29 is 9.53 Å². The zero-order valence-corrected chi connectivity index (χ0v) is 17.8. The highest BCUT2D eigenvalue weighted by Crippen LogP contribution is 2.32. The Hall–Kier alpha value is -3.06. The molecule has 1 aliphatic heterocycles. The fraction of sp³-hybridized carbons (Fsp3) is 0.261. The van der Waals surface area contributed by atoms with Crippen molar-refractivity contribution in [1.82, 2.24) is 14.6 Å². The number of carbonyl (C=O) groups is 1. The summed E-state index contributed by atoms with van der Waals surface area (Å²) >= 11 is 1.43. The summed E-state index contributed by atoms with van der Waals surface area (Å²) in [5, 5.41) is 10.6. The van der Waals surface area contributed by atoms with Crippen LogP contribution in [0.5, 0.6) is 5.75 Å². The summed E-state index contributed by atoms with van der Waals surface area (Å²) in [7, 11) is 1.66. The average Bonchev–Trinajstić information content (AvgIpc) is 3.19. The van der Waals surface area contributed by atoms with Gasteiger partial charge in [0.15, 0.2) is 10.8 Å². The number of aryl methyl sites for hydroxylation is 2. The van der Waals surface area contributed by atoms with E-state index >= 15 is 0 Å². The van der Waals surface area contributed by atoms with E-state index in [1.165, 1.54) is 17.3 Å². The number of para-hydroxylation sites is 1. The molecule has 6 nitrogen and oxygen atoms in total. The molecule has 4 aromatic rings. The van der Waals surface area contributed by atoms with Gasteiger partial charge in [-0.05, 0) is 61.2 Å². The molecular formula is C23H22N4O2S. The Labute approximate surface area is 178 Å². The summed E-state index contributed by atoms with van der Waals surface area (Å²) < 4.78 is 7.37. The van der Waals surface area contributed by atoms with Gasteiger partial charge >= 0.3 is 0 Å². The molecular weight excluding hydrogens is 396 g/mol. The summed E-state index contributed by atoms with van der Waals surface area (Å²) in [6.45, 7) is 2.82. The molecule has 0 saturated carbocycles. The van der Waals surface area contributed by atoms with E-state index in [1.54, 1.807) is 7.11 Å². The molecule has 1 aliphatic rings. The number of carbonyl (C=O) groups excluding carboxylic acids is 1. The highest BCUT2D eigenvalue weighted by Gasteiger charge is 2.23. The third-order valence-electron chi connectivity index (χ3n) is 5.60. The molecule has 0 fully saturated rings. The normalized spacial score (nSPS) is 13.6. The van der Waals surface area contributed by atoms with E-state index in [4.69, 9.17) is 4.74 Å². The Bertz CT molecular complexity index is 1270. The maximum Gasteiger partial charge on any atom is 0.237 e. The van der Waals surface area contributed by atoms with Crippen molar-refractivity contribution in [1.29, 1.82) is 0 Å². The molecule has 0 N–H and O–H groups in total. The lowest BCUT2D eigenvalue weighted by atomic mass is 10.0. The number of methoxy groups -OCH3 is 1. The second kappa shape index (κ2) is 7.65. The number of hydrogen-bond acceptors (Lipinski definition) is 5. The first-order valence-electron chi connectivity index (χ1n) is 9.99. The van der Waals surface area contributed by atoms with E-state index in [-0.39, 0.29) is 5.91 Å². The third-order valence-corrected chi connectivity index (χ3v) is 6.52. The monoisotopic (exact) mass is 418 g/mol. The largest absolute Gasteiger partial charge is 0.497 e. The lowest BCUT2D eigenvalue weighted by Gasteiger charge is -2.29. The lowest BCUT2D eigenvalue weighted by molar-refractivity contribution is -0.116. The number of ether oxygens (including phenoxy) is 1. The Morgan fingerprint density at radius 3 is 2.90 bits per heavy atom. The molecule has 0 bridgehead atoms. The number of benzene rings is 2. The number of aromatic nitrogens is 3. The maximum atomic E-state index is 13.1. The van der Waals surface area contributed by atoms with E-state index in [0.29, 0.717) is 5.75 Å². The van der Waals surface area contributed by atoms with Crippen LogP contribution in [-0.2, 0) is 11.2 Å². The van der Waals surface area contributed by atoms with Crippen LogP contribution in [0.2, 0.25) is 0 Å². The maximum absolute atomic E-state index is 13.1. The Kier molecular flexibility index (Phi) is 4.83. The van der Waals surface area contributed by atoms with Crippen LogP contribution in [0.4, 0.5) is 5.69 Å². The van der Waals surface area contributed by atoms with E-state index in [2.05, 4.69) is 29.3 Å². The fourth-order valence-corrected chi connectivity index (χ4v) is 4.96. The van der Waals surface area contributed by atoms with E-state index in [9.17, 15) is 4.79 Å². The number of rotatable bonds is 4. The zero-order valence-electron chi connectivity index (χ0n) is 17.0. The van der Waals surface area contributed by atoms with Gasteiger partial charge in [0.2, 0.25) is 5.91 Å². The number of pyridine rings is 1. The predicted molar refractivity (Wildman–Crippen MR) is 120 cm³/mol. The first-order chi connectivity index (χ1) is 14.7. The summed E-state index contributed by atoms with van der Waals surface area (Å²) in [5.74, 6) is 1.22. The van der Waals surface area contributed by atoms with Crippen LogP contribution in [0.1, 0.15) is 17.5 Å². The highest BCUT2D eigenvalue weighted by atomic mass is 32.2. The van der Waals surface area contributed by atoms with Gasteiger partial charge in [0, 0.05) is 17.6 Å². The average molecular weight is 419 g/mol. The molecule has 2 aromatic heterocycles.